The summed E-state index contributed by atoms with van der Waals surface area (Å²) in [6.07, 6.45) is 1.35. The van der Waals surface area contributed by atoms with Gasteiger partial charge >= 0.3 is 0 Å². The number of aromatic nitrogens is 2. The van der Waals surface area contributed by atoms with Crippen molar-refractivity contribution in [1.29, 1.82) is 0 Å². The first-order valence-electron chi connectivity index (χ1n) is 6.21. The summed E-state index contributed by atoms with van der Waals surface area (Å²) in [4.78, 5) is 0. The third-order valence-corrected chi connectivity index (χ3v) is 2.43. The molecule has 1 atom stereocenters. The minimum absolute atomic E-state index is 0.305. The summed E-state index contributed by atoms with van der Waals surface area (Å²) in [5.74, 6) is 0. The van der Waals surface area contributed by atoms with Crippen LogP contribution in [0.25, 0.3) is 0 Å². The number of aliphatic hydroxyl groups is 1. The highest BCUT2D eigenvalue weighted by Crippen LogP contribution is 2.10. The molecule has 0 fully saturated rings. The van der Waals surface area contributed by atoms with Crippen LogP contribution >= 0.6 is 0 Å². The van der Waals surface area contributed by atoms with E-state index in [0.29, 0.717) is 33.0 Å². The molecule has 0 radical (unpaired) electrons. The Balaban J connectivity index is 2.13. The second kappa shape index (κ2) is 8.07. The normalized spacial score (nSPS) is 12.7. The van der Waals surface area contributed by atoms with Gasteiger partial charge in [0.15, 0.2) is 0 Å². The molecule has 0 aliphatic heterocycles. The van der Waals surface area contributed by atoms with Crippen LogP contribution in [0.15, 0.2) is 6.20 Å². The number of nitrogens with zero attached hydrogens (tertiary/aromatic N) is 2. The molecule has 1 unspecified atom stereocenters. The largest absolute Gasteiger partial charge is 0.389 e. The second-order valence-electron chi connectivity index (χ2n) is 4.11. The maximum Gasteiger partial charge on any atom is 0.0945 e. The van der Waals surface area contributed by atoms with Crippen molar-refractivity contribution in [3.8, 4) is 0 Å². The van der Waals surface area contributed by atoms with E-state index in [9.17, 15) is 5.11 Å². The first-order valence-corrected chi connectivity index (χ1v) is 6.21. The van der Waals surface area contributed by atoms with Crippen LogP contribution in [0.5, 0.6) is 0 Å². The summed E-state index contributed by atoms with van der Waals surface area (Å²) >= 11 is 0. The van der Waals surface area contributed by atoms with Crippen LogP contribution in [0, 0.1) is 6.92 Å². The number of hydrogen-bond acceptors (Lipinski definition) is 5. The summed E-state index contributed by atoms with van der Waals surface area (Å²) in [5, 5.41) is 17.1. The molecule has 0 bridgehead atoms. The number of rotatable bonds is 9. The number of nitrogens with one attached hydrogen (secondary N) is 1. The van der Waals surface area contributed by atoms with Crippen molar-refractivity contribution in [2.24, 2.45) is 7.05 Å². The van der Waals surface area contributed by atoms with Gasteiger partial charge in [-0.05, 0) is 13.8 Å². The molecule has 0 saturated carbocycles. The van der Waals surface area contributed by atoms with Crippen LogP contribution in [-0.4, -0.2) is 54.0 Å². The SMILES string of the molecule is CCOCCOCC(O)CNc1cn(C)nc1C. The van der Waals surface area contributed by atoms with E-state index in [2.05, 4.69) is 10.4 Å². The Hall–Kier alpha value is -1.11. The van der Waals surface area contributed by atoms with E-state index in [1.807, 2.05) is 27.1 Å². The van der Waals surface area contributed by atoms with Crippen LogP contribution in [0.3, 0.4) is 0 Å². The van der Waals surface area contributed by atoms with E-state index in [4.69, 9.17) is 9.47 Å². The molecule has 18 heavy (non-hydrogen) atoms. The molecule has 104 valence electrons. The third kappa shape index (κ3) is 5.48. The molecule has 0 aliphatic carbocycles. The van der Waals surface area contributed by atoms with Crippen LogP contribution < -0.4 is 5.32 Å². The highest BCUT2D eigenvalue weighted by Gasteiger charge is 2.07. The van der Waals surface area contributed by atoms with E-state index in [0.717, 1.165) is 11.4 Å². The van der Waals surface area contributed by atoms with Gasteiger partial charge in [-0.15, -0.1) is 0 Å². The maximum atomic E-state index is 9.71. The molecule has 0 saturated heterocycles. The monoisotopic (exact) mass is 257 g/mol. The lowest BCUT2D eigenvalue weighted by Gasteiger charge is -2.12. The zero-order chi connectivity index (χ0) is 13.4. The van der Waals surface area contributed by atoms with Gasteiger partial charge in [-0.3, -0.25) is 4.68 Å². The van der Waals surface area contributed by atoms with Gasteiger partial charge in [-0.25, -0.2) is 0 Å². The van der Waals surface area contributed by atoms with Crippen LogP contribution in [0.2, 0.25) is 0 Å². The first kappa shape index (κ1) is 14.9. The Bertz CT molecular complexity index is 341. The van der Waals surface area contributed by atoms with Gasteiger partial charge in [0.25, 0.3) is 0 Å². The van der Waals surface area contributed by atoms with Crippen molar-refractivity contribution in [2.45, 2.75) is 20.0 Å². The smallest absolute Gasteiger partial charge is 0.0945 e. The van der Waals surface area contributed by atoms with Gasteiger partial charge in [0.2, 0.25) is 0 Å². The predicted molar refractivity (Wildman–Crippen MR) is 69.8 cm³/mol. The Morgan fingerprint density at radius 3 is 2.78 bits per heavy atom. The fourth-order valence-electron chi connectivity index (χ4n) is 1.54. The number of aliphatic hydroxyl groups excluding tert-OH is 1. The third-order valence-electron chi connectivity index (χ3n) is 2.43. The van der Waals surface area contributed by atoms with E-state index in [-0.39, 0.29) is 0 Å². The summed E-state index contributed by atoms with van der Waals surface area (Å²) in [7, 11) is 1.87. The van der Waals surface area contributed by atoms with Crippen molar-refractivity contribution < 1.29 is 14.6 Å². The molecular weight excluding hydrogens is 234 g/mol. The van der Waals surface area contributed by atoms with E-state index in [1.165, 1.54) is 0 Å². The molecule has 1 aromatic heterocycles. The van der Waals surface area contributed by atoms with Crippen LogP contribution in [-0.2, 0) is 16.5 Å². The molecular formula is C12H23N3O3. The molecule has 0 amide bonds. The Morgan fingerprint density at radius 2 is 2.17 bits per heavy atom. The summed E-state index contributed by atoms with van der Waals surface area (Å²) in [6.45, 7) is 6.38. The average Bonchev–Trinajstić information content (AvgIpc) is 2.65. The average molecular weight is 257 g/mol. The van der Waals surface area contributed by atoms with Gasteiger partial charge in [0.1, 0.15) is 0 Å². The molecule has 0 aromatic carbocycles. The number of ether oxygens (including phenoxy) is 2. The van der Waals surface area contributed by atoms with Gasteiger partial charge in [-0.1, -0.05) is 0 Å². The van der Waals surface area contributed by atoms with Crippen LogP contribution in [0.4, 0.5) is 5.69 Å². The fraction of sp³-hybridized carbons (Fsp3) is 0.750. The highest BCUT2D eigenvalue weighted by atomic mass is 16.5. The lowest BCUT2D eigenvalue weighted by molar-refractivity contribution is 0.0103. The minimum atomic E-state index is -0.536. The summed E-state index contributed by atoms with van der Waals surface area (Å²) in [6, 6.07) is 0. The zero-order valence-electron chi connectivity index (χ0n) is 11.3. The fourth-order valence-corrected chi connectivity index (χ4v) is 1.54. The summed E-state index contributed by atoms with van der Waals surface area (Å²) < 4.78 is 12.2. The predicted octanol–water partition coefficient (Wildman–Crippen LogP) is 0.554. The quantitative estimate of drug-likeness (QED) is 0.632. The van der Waals surface area contributed by atoms with E-state index < -0.39 is 6.10 Å². The lowest BCUT2D eigenvalue weighted by Crippen LogP contribution is -2.25. The van der Waals surface area contributed by atoms with Gasteiger partial charge in [-0.2, -0.15) is 5.10 Å². The van der Waals surface area contributed by atoms with Gasteiger partial charge in [0, 0.05) is 26.4 Å². The molecule has 6 nitrogen and oxygen atoms in total. The molecule has 0 aliphatic rings. The zero-order valence-corrected chi connectivity index (χ0v) is 11.3. The Labute approximate surface area is 108 Å². The molecule has 1 heterocycles. The van der Waals surface area contributed by atoms with Crippen molar-refractivity contribution in [3.63, 3.8) is 0 Å². The first-order chi connectivity index (χ1) is 8.63. The van der Waals surface area contributed by atoms with E-state index >= 15 is 0 Å². The topological polar surface area (TPSA) is 68.5 Å². The van der Waals surface area contributed by atoms with Crippen molar-refractivity contribution in [1.82, 2.24) is 9.78 Å². The second-order valence-corrected chi connectivity index (χ2v) is 4.11. The number of hydrogen-bond donors (Lipinski definition) is 2. The van der Waals surface area contributed by atoms with Crippen molar-refractivity contribution in [3.05, 3.63) is 11.9 Å². The molecule has 0 spiro atoms. The van der Waals surface area contributed by atoms with E-state index in [1.54, 1.807) is 4.68 Å². The van der Waals surface area contributed by atoms with Crippen molar-refractivity contribution in [2.75, 3.05) is 38.3 Å². The molecule has 1 aromatic rings. The molecule has 1 rings (SSSR count). The highest BCUT2D eigenvalue weighted by molar-refractivity contribution is 5.45. The van der Waals surface area contributed by atoms with Crippen molar-refractivity contribution >= 4 is 5.69 Å². The standard InChI is InChI=1S/C12H23N3O3/c1-4-17-5-6-18-9-11(16)7-13-12-8-15(3)14-10(12)2/h8,11,13,16H,4-7,9H2,1-3H3. The number of aryl methyl sites for hydroxylation is 2. The minimum Gasteiger partial charge on any atom is -0.389 e. The molecule has 2 N–H and O–H groups in total. The molecule has 6 heteroatoms. The van der Waals surface area contributed by atoms with Gasteiger partial charge in [0.05, 0.1) is 37.3 Å². The number of anilines is 1. The Kier molecular flexibility index (Phi) is 6.70. The van der Waals surface area contributed by atoms with Crippen LogP contribution in [0.1, 0.15) is 12.6 Å². The maximum absolute atomic E-state index is 9.71. The van der Waals surface area contributed by atoms with Gasteiger partial charge < -0.3 is 19.9 Å². The summed E-state index contributed by atoms with van der Waals surface area (Å²) in [5.41, 5.74) is 1.85. The lowest BCUT2D eigenvalue weighted by atomic mass is 10.3. The Morgan fingerprint density at radius 1 is 1.44 bits per heavy atom.